The predicted octanol–water partition coefficient (Wildman–Crippen LogP) is 3.24. The molecule has 0 saturated carbocycles. The molecule has 2 atom stereocenters. The molecule has 3 aromatic heterocycles. The van der Waals surface area contributed by atoms with E-state index in [1.165, 1.54) is 0 Å². The minimum Gasteiger partial charge on any atom is -0.367 e. The molecular formula is C25H30N6O2. The Kier molecular flexibility index (Phi) is 5.52. The maximum Gasteiger partial charge on any atom is 0.255 e. The van der Waals surface area contributed by atoms with Crippen molar-refractivity contribution < 1.29 is 9.59 Å². The topological polar surface area (TPSA) is 87.1 Å². The summed E-state index contributed by atoms with van der Waals surface area (Å²) >= 11 is 0. The number of nitrogens with zero attached hydrogens (tertiary/aromatic N) is 5. The van der Waals surface area contributed by atoms with Crippen molar-refractivity contribution in [3.05, 3.63) is 72.1 Å². The van der Waals surface area contributed by atoms with Gasteiger partial charge in [-0.15, -0.1) is 0 Å². The molecule has 1 spiro atoms. The van der Waals surface area contributed by atoms with Crippen molar-refractivity contribution in [1.82, 2.24) is 29.5 Å². The summed E-state index contributed by atoms with van der Waals surface area (Å²) in [6, 6.07) is 7.88. The molecular weight excluding hydrogens is 416 g/mol. The average molecular weight is 447 g/mol. The maximum absolute atomic E-state index is 14.1. The number of aromatic amines is 1. The third kappa shape index (κ3) is 3.73. The van der Waals surface area contributed by atoms with Gasteiger partial charge in [0.1, 0.15) is 0 Å². The van der Waals surface area contributed by atoms with Gasteiger partial charge < -0.3 is 14.8 Å². The van der Waals surface area contributed by atoms with Crippen LogP contribution >= 0.6 is 0 Å². The summed E-state index contributed by atoms with van der Waals surface area (Å²) in [5.41, 5.74) is 2.02. The molecule has 5 heterocycles. The Hall–Kier alpha value is -3.42. The number of carbonyl (C=O) groups excluding carboxylic acids is 2. The van der Waals surface area contributed by atoms with Gasteiger partial charge in [-0.1, -0.05) is 6.07 Å². The first-order chi connectivity index (χ1) is 16.0. The quantitative estimate of drug-likeness (QED) is 0.652. The van der Waals surface area contributed by atoms with Crippen molar-refractivity contribution in [1.29, 1.82) is 0 Å². The lowest BCUT2D eigenvalue weighted by Gasteiger charge is -2.42. The molecule has 2 saturated heterocycles. The summed E-state index contributed by atoms with van der Waals surface area (Å²) in [5.74, 6) is -0.0103. The van der Waals surface area contributed by atoms with Crippen molar-refractivity contribution in [2.45, 2.75) is 45.2 Å². The zero-order chi connectivity index (χ0) is 23.0. The molecule has 33 heavy (non-hydrogen) atoms. The molecule has 5 rings (SSSR count). The third-order valence-electron chi connectivity index (χ3n) is 7.08. The summed E-state index contributed by atoms with van der Waals surface area (Å²) < 4.78 is 2.00. The van der Waals surface area contributed by atoms with Gasteiger partial charge in [0.2, 0.25) is 5.91 Å². The van der Waals surface area contributed by atoms with Crippen LogP contribution in [-0.4, -0.2) is 61.0 Å². The van der Waals surface area contributed by atoms with Crippen LogP contribution in [0.5, 0.6) is 0 Å². The fourth-order valence-corrected chi connectivity index (χ4v) is 5.55. The first-order valence-electron chi connectivity index (χ1n) is 11.6. The second-order valence-corrected chi connectivity index (χ2v) is 9.48. The fourth-order valence-electron chi connectivity index (χ4n) is 5.55. The monoisotopic (exact) mass is 446 g/mol. The zero-order valence-corrected chi connectivity index (χ0v) is 19.1. The minimum absolute atomic E-state index is 0.0362. The van der Waals surface area contributed by atoms with Crippen LogP contribution in [-0.2, 0) is 11.3 Å². The van der Waals surface area contributed by atoms with E-state index in [4.69, 9.17) is 0 Å². The SMILES string of the molecule is CC(C)n1nccc1[C@@H]1CN(C(=O)c2cc[nH]c2)C[C@]12CCCN(Cc1cccnc1)C2=O. The Morgan fingerprint density at radius 2 is 2.15 bits per heavy atom. The van der Waals surface area contributed by atoms with Gasteiger partial charge in [-0.2, -0.15) is 5.10 Å². The van der Waals surface area contributed by atoms with Gasteiger partial charge >= 0.3 is 0 Å². The van der Waals surface area contributed by atoms with Gasteiger partial charge in [0.25, 0.3) is 5.91 Å². The molecule has 0 bridgehead atoms. The van der Waals surface area contributed by atoms with E-state index < -0.39 is 5.41 Å². The van der Waals surface area contributed by atoms with Crippen LogP contribution in [0.25, 0.3) is 0 Å². The van der Waals surface area contributed by atoms with E-state index in [1.807, 2.05) is 38.9 Å². The molecule has 0 aromatic carbocycles. The molecule has 1 N–H and O–H groups in total. The second-order valence-electron chi connectivity index (χ2n) is 9.48. The van der Waals surface area contributed by atoms with E-state index in [2.05, 4.69) is 28.9 Å². The molecule has 0 aliphatic carbocycles. The van der Waals surface area contributed by atoms with Gasteiger partial charge in [-0.05, 0) is 50.5 Å². The Bertz CT molecular complexity index is 1120. The summed E-state index contributed by atoms with van der Waals surface area (Å²) in [4.78, 5) is 38.4. The highest BCUT2D eigenvalue weighted by Gasteiger charge is 2.57. The zero-order valence-electron chi connectivity index (χ0n) is 19.1. The predicted molar refractivity (Wildman–Crippen MR) is 123 cm³/mol. The smallest absolute Gasteiger partial charge is 0.255 e. The first kappa shape index (κ1) is 21.4. The summed E-state index contributed by atoms with van der Waals surface area (Å²) in [5, 5.41) is 4.54. The summed E-state index contributed by atoms with van der Waals surface area (Å²) in [6.07, 6.45) is 10.5. The van der Waals surface area contributed by atoms with Crippen LogP contribution in [0.3, 0.4) is 0 Å². The van der Waals surface area contributed by atoms with E-state index in [-0.39, 0.29) is 23.8 Å². The van der Waals surface area contributed by atoms with E-state index in [0.29, 0.717) is 25.2 Å². The van der Waals surface area contributed by atoms with Crippen LogP contribution in [0.4, 0.5) is 0 Å². The molecule has 2 amide bonds. The average Bonchev–Trinajstić information content (AvgIpc) is 3.57. The number of pyridine rings is 1. The highest BCUT2D eigenvalue weighted by molar-refractivity contribution is 5.95. The molecule has 2 aliphatic heterocycles. The Morgan fingerprint density at radius 3 is 2.88 bits per heavy atom. The number of nitrogens with one attached hydrogen (secondary N) is 1. The van der Waals surface area contributed by atoms with Crippen molar-refractivity contribution in [3.63, 3.8) is 0 Å². The number of aromatic nitrogens is 4. The minimum atomic E-state index is -0.654. The van der Waals surface area contributed by atoms with Gasteiger partial charge in [-0.3, -0.25) is 19.3 Å². The van der Waals surface area contributed by atoms with Crippen molar-refractivity contribution in [2.24, 2.45) is 5.41 Å². The largest absolute Gasteiger partial charge is 0.367 e. The van der Waals surface area contributed by atoms with Crippen molar-refractivity contribution in [2.75, 3.05) is 19.6 Å². The first-order valence-corrected chi connectivity index (χ1v) is 11.6. The number of amides is 2. The number of carbonyl (C=O) groups is 2. The summed E-state index contributed by atoms with van der Waals surface area (Å²) in [7, 11) is 0. The fraction of sp³-hybridized carbons (Fsp3) is 0.440. The number of likely N-dealkylation sites (tertiary alicyclic amines) is 2. The lowest BCUT2D eigenvalue weighted by atomic mass is 9.70. The van der Waals surface area contributed by atoms with E-state index >= 15 is 0 Å². The van der Waals surface area contributed by atoms with Crippen LogP contribution in [0.2, 0.25) is 0 Å². The molecule has 8 nitrogen and oxygen atoms in total. The number of hydrogen-bond acceptors (Lipinski definition) is 4. The molecule has 0 unspecified atom stereocenters. The van der Waals surface area contributed by atoms with Crippen LogP contribution < -0.4 is 0 Å². The normalized spacial score (nSPS) is 23.1. The van der Waals surface area contributed by atoms with E-state index in [9.17, 15) is 9.59 Å². The highest BCUT2D eigenvalue weighted by Crippen LogP contribution is 2.50. The molecule has 172 valence electrons. The van der Waals surface area contributed by atoms with Gasteiger partial charge in [0.05, 0.1) is 11.0 Å². The highest BCUT2D eigenvalue weighted by atomic mass is 16.2. The second kappa shape index (κ2) is 8.50. The lowest BCUT2D eigenvalue weighted by Crippen LogP contribution is -2.52. The maximum atomic E-state index is 14.1. The van der Waals surface area contributed by atoms with E-state index in [1.54, 1.807) is 30.9 Å². The standard InChI is InChI=1S/C25H30N6O2/c1-18(2)31-22(7-11-28-31)21-16-30(23(32)20-6-10-27-14-20)17-25(21)8-4-12-29(24(25)33)15-19-5-3-9-26-13-19/h3,5-7,9-11,13-14,18,21,27H,4,8,12,15-17H2,1-2H3/t21-,25+/m0/s1. The molecule has 0 radical (unpaired) electrons. The number of hydrogen-bond donors (Lipinski definition) is 1. The molecule has 8 heteroatoms. The van der Waals surface area contributed by atoms with Crippen molar-refractivity contribution in [3.8, 4) is 0 Å². The Labute approximate surface area is 193 Å². The Balaban J connectivity index is 1.52. The van der Waals surface area contributed by atoms with Gasteiger partial charge in [0, 0.05) is 74.8 Å². The van der Waals surface area contributed by atoms with Crippen molar-refractivity contribution >= 4 is 11.8 Å². The van der Waals surface area contributed by atoms with E-state index in [0.717, 1.165) is 30.6 Å². The molecule has 2 fully saturated rings. The summed E-state index contributed by atoms with van der Waals surface area (Å²) in [6.45, 7) is 6.38. The van der Waals surface area contributed by atoms with Crippen LogP contribution in [0.15, 0.2) is 55.2 Å². The van der Waals surface area contributed by atoms with Crippen LogP contribution in [0, 0.1) is 5.41 Å². The van der Waals surface area contributed by atoms with Gasteiger partial charge in [-0.25, -0.2) is 0 Å². The van der Waals surface area contributed by atoms with Gasteiger partial charge in [0.15, 0.2) is 0 Å². The third-order valence-corrected chi connectivity index (χ3v) is 7.08. The lowest BCUT2D eigenvalue weighted by molar-refractivity contribution is -0.147. The number of piperidine rings is 1. The molecule has 2 aliphatic rings. The number of H-pyrrole nitrogens is 1. The van der Waals surface area contributed by atoms with Crippen LogP contribution in [0.1, 0.15) is 60.3 Å². The Morgan fingerprint density at radius 1 is 1.27 bits per heavy atom. The molecule has 3 aromatic rings. The number of rotatable bonds is 5.